The van der Waals surface area contributed by atoms with Crippen molar-refractivity contribution in [1.82, 2.24) is 0 Å². The molecule has 102 valence electrons. The predicted molar refractivity (Wildman–Crippen MR) is 74.4 cm³/mol. The molecular formula is C17H28O. The minimum absolute atomic E-state index is 0.505. The second kappa shape index (κ2) is 5.75. The molecule has 0 unspecified atom stereocenters. The first-order chi connectivity index (χ1) is 8.86. The van der Waals surface area contributed by atoms with Gasteiger partial charge in [-0.15, -0.1) is 0 Å². The van der Waals surface area contributed by atoms with Crippen LogP contribution in [-0.4, -0.2) is 5.78 Å². The van der Waals surface area contributed by atoms with Gasteiger partial charge in [-0.3, -0.25) is 4.79 Å². The topological polar surface area (TPSA) is 17.1 Å². The van der Waals surface area contributed by atoms with Crippen molar-refractivity contribution in [3.05, 3.63) is 0 Å². The number of rotatable bonds is 0. The second-order valence-corrected chi connectivity index (χ2v) is 7.01. The van der Waals surface area contributed by atoms with Crippen LogP contribution in [0.4, 0.5) is 0 Å². The third kappa shape index (κ3) is 3.16. The van der Waals surface area contributed by atoms with Gasteiger partial charge in [0.25, 0.3) is 0 Å². The van der Waals surface area contributed by atoms with Crippen LogP contribution < -0.4 is 0 Å². The van der Waals surface area contributed by atoms with Crippen LogP contribution in [-0.2, 0) is 4.79 Å². The molecule has 1 heteroatoms. The van der Waals surface area contributed by atoms with Crippen molar-refractivity contribution >= 4 is 5.78 Å². The lowest BCUT2D eigenvalue weighted by atomic mass is 10.0. The lowest BCUT2D eigenvalue weighted by Crippen LogP contribution is -2.07. The summed E-state index contributed by atoms with van der Waals surface area (Å²) < 4.78 is 0. The fourth-order valence-electron chi connectivity index (χ4n) is 3.98. The Morgan fingerprint density at radius 3 is 1.44 bits per heavy atom. The summed E-state index contributed by atoms with van der Waals surface area (Å²) in [4.78, 5) is 12.3. The molecule has 0 radical (unpaired) electrons. The zero-order valence-electron chi connectivity index (χ0n) is 11.7. The Labute approximate surface area is 112 Å². The van der Waals surface area contributed by atoms with Crippen LogP contribution in [0.5, 0.6) is 0 Å². The zero-order chi connectivity index (χ0) is 12.4. The third-order valence-electron chi connectivity index (χ3n) is 5.48. The minimum Gasteiger partial charge on any atom is -0.299 e. The van der Waals surface area contributed by atoms with Gasteiger partial charge in [0.05, 0.1) is 0 Å². The number of carbonyl (C=O) groups excluding carboxylic acids is 1. The van der Waals surface area contributed by atoms with Crippen LogP contribution in [0.25, 0.3) is 0 Å². The normalized spacial score (nSPS) is 42.1. The van der Waals surface area contributed by atoms with Crippen LogP contribution >= 0.6 is 0 Å². The van der Waals surface area contributed by atoms with Crippen LogP contribution in [0.3, 0.4) is 0 Å². The molecule has 0 aromatic carbocycles. The highest BCUT2D eigenvalue weighted by molar-refractivity contribution is 5.88. The zero-order valence-corrected chi connectivity index (χ0v) is 11.7. The van der Waals surface area contributed by atoms with Gasteiger partial charge in [-0.05, 0) is 37.5 Å². The van der Waals surface area contributed by atoms with Crippen molar-refractivity contribution in [2.24, 2.45) is 23.7 Å². The van der Waals surface area contributed by atoms with E-state index in [1.807, 2.05) is 0 Å². The van der Waals surface area contributed by atoms with E-state index in [4.69, 9.17) is 0 Å². The van der Waals surface area contributed by atoms with E-state index in [0.717, 1.165) is 11.8 Å². The molecule has 0 amide bonds. The number of hydrogen-bond acceptors (Lipinski definition) is 1. The van der Waals surface area contributed by atoms with E-state index in [-0.39, 0.29) is 0 Å². The molecule has 0 heterocycles. The van der Waals surface area contributed by atoms with Crippen LogP contribution in [0.2, 0.25) is 0 Å². The summed E-state index contributed by atoms with van der Waals surface area (Å²) in [5, 5.41) is 0. The molecule has 3 aliphatic carbocycles. The predicted octanol–water partition coefficient (Wildman–Crippen LogP) is 4.74. The smallest absolute Gasteiger partial charge is 0.139 e. The quantitative estimate of drug-likeness (QED) is 0.605. The molecule has 3 rings (SSSR count). The van der Waals surface area contributed by atoms with Gasteiger partial charge in [0.2, 0.25) is 0 Å². The number of hydrogen-bond donors (Lipinski definition) is 0. The Bertz CT molecular complexity index is 268. The van der Waals surface area contributed by atoms with E-state index < -0.39 is 0 Å². The molecule has 18 heavy (non-hydrogen) atoms. The van der Waals surface area contributed by atoms with Crippen molar-refractivity contribution in [3.63, 3.8) is 0 Å². The van der Waals surface area contributed by atoms with E-state index in [1.165, 1.54) is 77.0 Å². The maximum atomic E-state index is 12.3. The summed E-state index contributed by atoms with van der Waals surface area (Å²) in [5.41, 5.74) is 0. The molecule has 0 aromatic heterocycles. The standard InChI is InChI=1S/C17H28O/c18-17-15-11-13(15)9-7-5-3-1-2-4-6-8-10-14-12-16(14)17/h13-16H,1-12H2/t13-,14-,15-,16-/m0/s1. The molecule has 0 aromatic rings. The van der Waals surface area contributed by atoms with Crippen molar-refractivity contribution in [2.75, 3.05) is 0 Å². The number of carbonyl (C=O) groups is 1. The molecular weight excluding hydrogens is 220 g/mol. The Balaban J connectivity index is 1.48. The molecule has 3 fully saturated rings. The summed E-state index contributed by atoms with van der Waals surface area (Å²) >= 11 is 0. The van der Waals surface area contributed by atoms with Gasteiger partial charge in [-0.1, -0.05) is 51.4 Å². The highest BCUT2D eigenvalue weighted by Gasteiger charge is 2.51. The van der Waals surface area contributed by atoms with E-state index in [1.54, 1.807) is 0 Å². The highest BCUT2D eigenvalue weighted by Crippen LogP contribution is 2.52. The van der Waals surface area contributed by atoms with Gasteiger partial charge in [0, 0.05) is 11.8 Å². The van der Waals surface area contributed by atoms with E-state index in [9.17, 15) is 4.79 Å². The second-order valence-electron chi connectivity index (χ2n) is 7.01. The number of ketones is 1. The van der Waals surface area contributed by atoms with Crippen molar-refractivity contribution in [1.29, 1.82) is 0 Å². The highest BCUT2D eigenvalue weighted by atomic mass is 16.1. The molecule has 0 N–H and O–H groups in total. The summed E-state index contributed by atoms with van der Waals surface area (Å²) in [7, 11) is 0. The Kier molecular flexibility index (Phi) is 4.06. The number of fused-ring (bicyclic) bond motifs is 2. The van der Waals surface area contributed by atoms with Gasteiger partial charge >= 0.3 is 0 Å². The fraction of sp³-hybridized carbons (Fsp3) is 0.941. The van der Waals surface area contributed by atoms with Crippen LogP contribution in [0.15, 0.2) is 0 Å². The minimum atomic E-state index is 0.505. The lowest BCUT2D eigenvalue weighted by molar-refractivity contribution is -0.122. The SMILES string of the molecule is O=C1[C@H]2C[C@@H]2CCCCCCCCCC[C@H]2C[C@H]12. The summed E-state index contributed by atoms with van der Waals surface area (Å²) in [6, 6.07) is 0. The van der Waals surface area contributed by atoms with E-state index >= 15 is 0 Å². The Morgan fingerprint density at radius 1 is 0.611 bits per heavy atom. The van der Waals surface area contributed by atoms with Crippen molar-refractivity contribution in [3.8, 4) is 0 Å². The monoisotopic (exact) mass is 248 g/mol. The fourth-order valence-corrected chi connectivity index (χ4v) is 3.98. The van der Waals surface area contributed by atoms with Gasteiger partial charge in [-0.25, -0.2) is 0 Å². The van der Waals surface area contributed by atoms with E-state index in [0.29, 0.717) is 17.6 Å². The van der Waals surface area contributed by atoms with Gasteiger partial charge in [0.15, 0.2) is 0 Å². The average molecular weight is 248 g/mol. The van der Waals surface area contributed by atoms with Gasteiger partial charge in [-0.2, -0.15) is 0 Å². The first-order valence-electron chi connectivity index (χ1n) is 8.40. The molecule has 4 atom stereocenters. The van der Waals surface area contributed by atoms with Gasteiger partial charge in [0.1, 0.15) is 5.78 Å². The first kappa shape index (κ1) is 12.7. The molecule has 0 saturated heterocycles. The van der Waals surface area contributed by atoms with Crippen LogP contribution in [0, 0.1) is 23.7 Å². The van der Waals surface area contributed by atoms with Gasteiger partial charge < -0.3 is 0 Å². The first-order valence-corrected chi connectivity index (χ1v) is 8.40. The average Bonchev–Trinajstić information content (AvgIpc) is 3.23. The maximum Gasteiger partial charge on any atom is 0.139 e. The third-order valence-corrected chi connectivity index (χ3v) is 5.48. The molecule has 3 saturated carbocycles. The number of Topliss-reactive ketones (excluding diaryl/α,β-unsaturated/α-hetero) is 1. The molecule has 3 aliphatic rings. The summed E-state index contributed by atoms with van der Waals surface area (Å²) in [6.07, 6.45) is 16.5. The summed E-state index contributed by atoms with van der Waals surface area (Å²) in [5.74, 6) is 3.27. The van der Waals surface area contributed by atoms with Crippen molar-refractivity contribution in [2.45, 2.75) is 77.0 Å². The van der Waals surface area contributed by atoms with Crippen LogP contribution in [0.1, 0.15) is 77.0 Å². The molecule has 1 nitrogen and oxygen atoms in total. The van der Waals surface area contributed by atoms with E-state index in [2.05, 4.69) is 0 Å². The van der Waals surface area contributed by atoms with Crippen molar-refractivity contribution < 1.29 is 4.79 Å². The Morgan fingerprint density at radius 2 is 1.00 bits per heavy atom. The summed E-state index contributed by atoms with van der Waals surface area (Å²) in [6.45, 7) is 0. The molecule has 0 bridgehead atoms. The maximum absolute atomic E-state index is 12.3. The molecule has 0 spiro atoms. The lowest BCUT2D eigenvalue weighted by Gasteiger charge is -2.02. The molecule has 0 aliphatic heterocycles. The largest absolute Gasteiger partial charge is 0.299 e. The Hall–Kier alpha value is -0.330.